The lowest BCUT2D eigenvalue weighted by molar-refractivity contribution is 0.00474. The highest BCUT2D eigenvalue weighted by Crippen LogP contribution is 2.37. The highest BCUT2D eigenvalue weighted by Gasteiger charge is 2.41. The highest BCUT2D eigenvalue weighted by molar-refractivity contribution is 5.68. The van der Waals surface area contributed by atoms with E-state index in [1.54, 1.807) is 0 Å². The number of hydrogen-bond acceptors (Lipinski definition) is 3. The van der Waals surface area contributed by atoms with E-state index in [4.69, 9.17) is 4.74 Å². The molecule has 1 saturated carbocycles. The van der Waals surface area contributed by atoms with Crippen molar-refractivity contribution >= 4 is 6.09 Å². The summed E-state index contributed by atoms with van der Waals surface area (Å²) < 4.78 is 5.11. The minimum atomic E-state index is -0.245. The van der Waals surface area contributed by atoms with E-state index in [0.29, 0.717) is 6.61 Å². The first-order valence-electron chi connectivity index (χ1n) is 5.92. The van der Waals surface area contributed by atoms with Crippen LogP contribution in [0.5, 0.6) is 0 Å². The van der Waals surface area contributed by atoms with E-state index in [0.717, 1.165) is 12.6 Å². The lowest BCUT2D eigenvalue weighted by Gasteiger charge is -2.43. The number of hydrogen-bond donors (Lipinski definition) is 1. The molecule has 15 heavy (non-hydrogen) atoms. The average Bonchev–Trinajstić information content (AvgIpc) is 3.08. The van der Waals surface area contributed by atoms with Crippen molar-refractivity contribution in [2.24, 2.45) is 5.41 Å². The molecule has 4 nitrogen and oxygen atoms in total. The minimum Gasteiger partial charge on any atom is -0.449 e. The molecule has 0 aromatic heterocycles. The topological polar surface area (TPSA) is 41.6 Å². The van der Waals surface area contributed by atoms with Crippen molar-refractivity contribution in [3.8, 4) is 0 Å². The van der Waals surface area contributed by atoms with Crippen molar-refractivity contribution in [2.45, 2.75) is 31.7 Å². The third-order valence-electron chi connectivity index (χ3n) is 4.04. The van der Waals surface area contributed by atoms with Crippen LogP contribution in [0.15, 0.2) is 0 Å². The number of carbonyl (C=O) groups is 1. The largest absolute Gasteiger partial charge is 0.449 e. The first-order valence-corrected chi connectivity index (χ1v) is 5.92. The maximum atomic E-state index is 10.9. The van der Waals surface area contributed by atoms with Crippen LogP contribution in [-0.2, 0) is 4.74 Å². The zero-order valence-corrected chi connectivity index (χ0v) is 9.00. The molecule has 0 aromatic rings. The Balaban J connectivity index is 1.57. The van der Waals surface area contributed by atoms with E-state index in [2.05, 4.69) is 10.2 Å². The maximum Gasteiger partial charge on any atom is 0.407 e. The Hall–Kier alpha value is -0.770. The van der Waals surface area contributed by atoms with Crippen LogP contribution in [0.3, 0.4) is 0 Å². The summed E-state index contributed by atoms with van der Waals surface area (Å²) in [5, 5.41) is 2.82. The van der Waals surface area contributed by atoms with Crippen molar-refractivity contribution in [1.82, 2.24) is 10.2 Å². The number of alkyl carbamates (subject to hydrolysis) is 1. The summed E-state index contributed by atoms with van der Waals surface area (Å²) in [4.78, 5) is 13.5. The maximum absolute atomic E-state index is 10.9. The smallest absolute Gasteiger partial charge is 0.407 e. The normalized spacial score (nSPS) is 31.1. The van der Waals surface area contributed by atoms with Crippen LogP contribution in [0.4, 0.5) is 4.79 Å². The van der Waals surface area contributed by atoms with E-state index in [1.165, 1.54) is 38.8 Å². The van der Waals surface area contributed by atoms with Crippen LogP contribution < -0.4 is 5.32 Å². The quantitative estimate of drug-likeness (QED) is 0.701. The molecule has 0 aromatic carbocycles. The molecule has 1 aliphatic carbocycles. The predicted molar refractivity (Wildman–Crippen MR) is 55.6 cm³/mol. The summed E-state index contributed by atoms with van der Waals surface area (Å²) in [6, 6.07) is 0.876. The Labute approximate surface area is 90.0 Å². The number of nitrogens with zero attached hydrogens (tertiary/aromatic N) is 1. The van der Waals surface area contributed by atoms with Gasteiger partial charge in [-0.05, 0) is 38.8 Å². The lowest BCUT2D eigenvalue weighted by Crippen LogP contribution is -2.53. The van der Waals surface area contributed by atoms with Gasteiger partial charge in [0.15, 0.2) is 0 Å². The molecule has 2 heterocycles. The fraction of sp³-hybridized carbons (Fsp3) is 0.909. The van der Waals surface area contributed by atoms with Gasteiger partial charge in [-0.25, -0.2) is 4.79 Å². The second kappa shape index (κ2) is 3.37. The summed E-state index contributed by atoms with van der Waals surface area (Å²) in [6.45, 7) is 3.80. The molecule has 1 amide bonds. The summed E-state index contributed by atoms with van der Waals surface area (Å²) in [5.74, 6) is 0. The van der Waals surface area contributed by atoms with Gasteiger partial charge >= 0.3 is 6.09 Å². The number of nitrogens with one attached hydrogen (secondary N) is 1. The molecule has 4 heteroatoms. The molecular formula is C11H18N2O2. The van der Waals surface area contributed by atoms with Gasteiger partial charge in [-0.2, -0.15) is 0 Å². The summed E-state index contributed by atoms with van der Waals surface area (Å²) in [7, 11) is 0. The van der Waals surface area contributed by atoms with E-state index in [-0.39, 0.29) is 11.5 Å². The SMILES string of the molecule is O=C1NCC2(CCN(C3CC3)CC2)CO1. The minimum absolute atomic E-state index is 0.235. The van der Waals surface area contributed by atoms with E-state index in [1.807, 2.05) is 0 Å². The number of piperidine rings is 1. The highest BCUT2D eigenvalue weighted by atomic mass is 16.6. The summed E-state index contributed by atoms with van der Waals surface area (Å²) >= 11 is 0. The van der Waals surface area contributed by atoms with Crippen molar-refractivity contribution in [2.75, 3.05) is 26.2 Å². The molecule has 3 fully saturated rings. The zero-order chi connectivity index (χ0) is 10.3. The molecule has 3 rings (SSSR count). The zero-order valence-electron chi connectivity index (χ0n) is 9.00. The van der Waals surface area contributed by atoms with Gasteiger partial charge in [0.25, 0.3) is 0 Å². The molecule has 3 aliphatic rings. The molecule has 2 aliphatic heterocycles. The van der Waals surface area contributed by atoms with Gasteiger partial charge in [-0.1, -0.05) is 0 Å². The third-order valence-corrected chi connectivity index (χ3v) is 4.04. The summed E-state index contributed by atoms with van der Waals surface area (Å²) in [6.07, 6.45) is 4.87. The van der Waals surface area contributed by atoms with Crippen LogP contribution in [0, 0.1) is 5.41 Å². The fourth-order valence-electron chi connectivity index (χ4n) is 2.70. The van der Waals surface area contributed by atoms with Gasteiger partial charge in [0, 0.05) is 18.0 Å². The van der Waals surface area contributed by atoms with Crippen LogP contribution in [-0.4, -0.2) is 43.3 Å². The Bertz CT molecular complexity index is 256. The monoisotopic (exact) mass is 210 g/mol. The molecule has 2 saturated heterocycles. The number of amides is 1. The molecule has 0 radical (unpaired) electrons. The first kappa shape index (κ1) is 9.46. The number of carbonyl (C=O) groups excluding carboxylic acids is 1. The van der Waals surface area contributed by atoms with Gasteiger partial charge < -0.3 is 15.0 Å². The van der Waals surface area contributed by atoms with Crippen molar-refractivity contribution < 1.29 is 9.53 Å². The van der Waals surface area contributed by atoms with E-state index >= 15 is 0 Å². The van der Waals surface area contributed by atoms with E-state index < -0.39 is 0 Å². The van der Waals surface area contributed by atoms with Crippen molar-refractivity contribution in [3.05, 3.63) is 0 Å². The predicted octanol–water partition coefficient (Wildman–Crippen LogP) is 0.971. The molecule has 0 bridgehead atoms. The van der Waals surface area contributed by atoms with Crippen LogP contribution in [0.25, 0.3) is 0 Å². The molecule has 1 spiro atoms. The Morgan fingerprint density at radius 3 is 2.60 bits per heavy atom. The van der Waals surface area contributed by atoms with Gasteiger partial charge in [-0.15, -0.1) is 0 Å². The Morgan fingerprint density at radius 1 is 1.33 bits per heavy atom. The van der Waals surface area contributed by atoms with Gasteiger partial charge in [-0.3, -0.25) is 0 Å². The second-order valence-electron chi connectivity index (χ2n) is 5.20. The third kappa shape index (κ3) is 1.83. The number of rotatable bonds is 1. The fourth-order valence-corrected chi connectivity index (χ4v) is 2.70. The second-order valence-corrected chi connectivity index (χ2v) is 5.20. The molecular weight excluding hydrogens is 192 g/mol. The standard InChI is InChI=1S/C11H18N2O2/c14-10-12-7-11(8-15-10)3-5-13(6-4-11)9-1-2-9/h9H,1-8H2,(H,12,14). The van der Waals surface area contributed by atoms with Crippen LogP contribution in [0.2, 0.25) is 0 Å². The molecule has 84 valence electrons. The van der Waals surface area contributed by atoms with Crippen molar-refractivity contribution in [3.63, 3.8) is 0 Å². The van der Waals surface area contributed by atoms with Gasteiger partial charge in [0.05, 0.1) is 0 Å². The average molecular weight is 210 g/mol. The number of cyclic esters (lactones) is 1. The van der Waals surface area contributed by atoms with Gasteiger partial charge in [0.2, 0.25) is 0 Å². The van der Waals surface area contributed by atoms with Crippen LogP contribution in [0.1, 0.15) is 25.7 Å². The van der Waals surface area contributed by atoms with Crippen molar-refractivity contribution in [1.29, 1.82) is 0 Å². The Kier molecular flexibility index (Phi) is 2.12. The molecule has 0 atom stereocenters. The van der Waals surface area contributed by atoms with E-state index in [9.17, 15) is 4.79 Å². The Morgan fingerprint density at radius 2 is 2.07 bits per heavy atom. The summed E-state index contributed by atoms with van der Waals surface area (Å²) in [5.41, 5.74) is 0.235. The first-order chi connectivity index (χ1) is 7.27. The number of ether oxygens (including phenoxy) is 1. The molecule has 0 unspecified atom stereocenters. The number of likely N-dealkylation sites (tertiary alicyclic amines) is 1. The van der Waals surface area contributed by atoms with Crippen LogP contribution >= 0.6 is 0 Å². The van der Waals surface area contributed by atoms with Gasteiger partial charge in [0.1, 0.15) is 6.61 Å². The lowest BCUT2D eigenvalue weighted by atomic mass is 9.78. The molecule has 1 N–H and O–H groups in total.